The van der Waals surface area contributed by atoms with E-state index in [1.807, 2.05) is 13.0 Å². The number of hydrogen-bond acceptors (Lipinski definition) is 4. The first kappa shape index (κ1) is 14.8. The third kappa shape index (κ3) is 3.96. The van der Waals surface area contributed by atoms with Crippen molar-refractivity contribution in [3.05, 3.63) is 17.5 Å². The van der Waals surface area contributed by atoms with Gasteiger partial charge in [0.15, 0.2) is 0 Å². The Morgan fingerprint density at radius 3 is 2.85 bits per heavy atom. The van der Waals surface area contributed by atoms with Crippen LogP contribution in [0.15, 0.2) is 10.6 Å². The highest BCUT2D eigenvalue weighted by molar-refractivity contribution is 5.73. The molecule has 0 radical (unpaired) electrons. The van der Waals surface area contributed by atoms with E-state index in [1.54, 1.807) is 11.9 Å². The van der Waals surface area contributed by atoms with Gasteiger partial charge in [-0.05, 0) is 39.8 Å². The summed E-state index contributed by atoms with van der Waals surface area (Å²) in [4.78, 5) is 16.0. The van der Waals surface area contributed by atoms with Crippen molar-refractivity contribution in [2.45, 2.75) is 39.3 Å². The second-order valence-electron chi connectivity index (χ2n) is 5.56. The predicted molar refractivity (Wildman–Crippen MR) is 76.4 cm³/mol. The molecule has 1 aromatic heterocycles. The van der Waals surface area contributed by atoms with E-state index in [0.717, 1.165) is 24.5 Å². The monoisotopic (exact) mass is 280 g/mol. The molecule has 1 saturated heterocycles. The average molecular weight is 280 g/mol. The number of carbonyl (C=O) groups excluding carboxylic acids is 1. The van der Waals surface area contributed by atoms with E-state index in [2.05, 4.69) is 22.3 Å². The second kappa shape index (κ2) is 6.74. The molecule has 1 aliphatic heterocycles. The maximum absolute atomic E-state index is 12.0. The van der Waals surface area contributed by atoms with Crippen LogP contribution in [0.1, 0.15) is 31.2 Å². The molecule has 0 aromatic carbocycles. The third-order valence-electron chi connectivity index (χ3n) is 3.74. The minimum absolute atomic E-state index is 0.0725. The second-order valence-corrected chi connectivity index (χ2v) is 5.56. The van der Waals surface area contributed by atoms with Crippen LogP contribution >= 0.6 is 0 Å². The SMILES string of the molecule is Cc1cc(CN(C)C(=O)NCC(C)N2CCCC2)no1. The van der Waals surface area contributed by atoms with E-state index < -0.39 is 0 Å². The molecule has 6 nitrogen and oxygen atoms in total. The lowest BCUT2D eigenvalue weighted by Crippen LogP contribution is -2.44. The Kier molecular flexibility index (Phi) is 5.00. The Balaban J connectivity index is 1.73. The number of nitrogens with zero attached hydrogens (tertiary/aromatic N) is 3. The van der Waals surface area contributed by atoms with Gasteiger partial charge in [0.25, 0.3) is 0 Å². The first-order valence-corrected chi connectivity index (χ1v) is 7.21. The minimum Gasteiger partial charge on any atom is -0.361 e. The molecular formula is C14H24N4O2. The summed E-state index contributed by atoms with van der Waals surface area (Å²) in [6, 6.07) is 2.16. The molecule has 0 saturated carbocycles. The fourth-order valence-corrected chi connectivity index (χ4v) is 2.49. The van der Waals surface area contributed by atoms with Crippen LogP contribution in [0.25, 0.3) is 0 Å². The molecule has 2 heterocycles. The Hall–Kier alpha value is -1.56. The van der Waals surface area contributed by atoms with E-state index in [0.29, 0.717) is 19.1 Å². The van der Waals surface area contributed by atoms with Gasteiger partial charge in [-0.25, -0.2) is 4.79 Å². The maximum Gasteiger partial charge on any atom is 0.317 e. The van der Waals surface area contributed by atoms with Crippen LogP contribution in [-0.4, -0.2) is 53.7 Å². The molecule has 6 heteroatoms. The number of aryl methyl sites for hydroxylation is 1. The number of aromatic nitrogens is 1. The maximum atomic E-state index is 12.0. The van der Waals surface area contributed by atoms with Gasteiger partial charge in [0.2, 0.25) is 0 Å². The van der Waals surface area contributed by atoms with Crippen LogP contribution in [0.3, 0.4) is 0 Å². The fourth-order valence-electron chi connectivity index (χ4n) is 2.49. The molecule has 1 atom stereocenters. The molecular weight excluding hydrogens is 256 g/mol. The molecule has 0 aliphatic carbocycles. The molecule has 0 bridgehead atoms. The summed E-state index contributed by atoms with van der Waals surface area (Å²) in [6.45, 7) is 7.43. The molecule has 1 N–H and O–H groups in total. The summed E-state index contributed by atoms with van der Waals surface area (Å²) < 4.78 is 5.00. The predicted octanol–water partition coefficient (Wildman–Crippen LogP) is 1.61. The summed E-state index contributed by atoms with van der Waals surface area (Å²) in [5.41, 5.74) is 0.771. The molecule has 112 valence electrons. The summed E-state index contributed by atoms with van der Waals surface area (Å²) in [5, 5.41) is 6.86. The first-order valence-electron chi connectivity index (χ1n) is 7.21. The zero-order chi connectivity index (χ0) is 14.5. The van der Waals surface area contributed by atoms with Gasteiger partial charge in [-0.3, -0.25) is 4.90 Å². The topological polar surface area (TPSA) is 61.6 Å². The van der Waals surface area contributed by atoms with Gasteiger partial charge in [0, 0.05) is 25.7 Å². The molecule has 1 unspecified atom stereocenters. The molecule has 2 amide bonds. The van der Waals surface area contributed by atoms with Crippen molar-refractivity contribution in [2.24, 2.45) is 0 Å². The van der Waals surface area contributed by atoms with E-state index in [1.165, 1.54) is 12.8 Å². The smallest absolute Gasteiger partial charge is 0.317 e. The number of hydrogen-bond donors (Lipinski definition) is 1. The van der Waals surface area contributed by atoms with E-state index in [4.69, 9.17) is 4.52 Å². The summed E-state index contributed by atoms with van der Waals surface area (Å²) in [6.07, 6.45) is 2.54. The normalized spacial score (nSPS) is 17.1. The van der Waals surface area contributed by atoms with Crippen LogP contribution < -0.4 is 5.32 Å². The lowest BCUT2D eigenvalue weighted by molar-refractivity contribution is 0.197. The number of nitrogens with one attached hydrogen (secondary N) is 1. The molecule has 2 rings (SSSR count). The third-order valence-corrected chi connectivity index (χ3v) is 3.74. The highest BCUT2D eigenvalue weighted by Crippen LogP contribution is 2.11. The summed E-state index contributed by atoms with van der Waals surface area (Å²) in [5.74, 6) is 0.761. The largest absolute Gasteiger partial charge is 0.361 e. The van der Waals surface area contributed by atoms with Crippen molar-refractivity contribution in [3.63, 3.8) is 0 Å². The van der Waals surface area contributed by atoms with Crippen molar-refractivity contribution >= 4 is 6.03 Å². The van der Waals surface area contributed by atoms with Crippen LogP contribution in [0.4, 0.5) is 4.79 Å². The van der Waals surface area contributed by atoms with Gasteiger partial charge in [0.1, 0.15) is 11.5 Å². The Morgan fingerprint density at radius 2 is 2.25 bits per heavy atom. The van der Waals surface area contributed by atoms with Crippen molar-refractivity contribution in [3.8, 4) is 0 Å². The van der Waals surface area contributed by atoms with Crippen molar-refractivity contribution < 1.29 is 9.32 Å². The van der Waals surface area contributed by atoms with Crippen molar-refractivity contribution in [1.29, 1.82) is 0 Å². The molecule has 1 aromatic rings. The number of amides is 2. The Labute approximate surface area is 120 Å². The van der Waals surface area contributed by atoms with Crippen LogP contribution in [0, 0.1) is 6.92 Å². The number of carbonyl (C=O) groups is 1. The quantitative estimate of drug-likeness (QED) is 0.890. The number of likely N-dealkylation sites (tertiary alicyclic amines) is 1. The summed E-state index contributed by atoms with van der Waals surface area (Å²) >= 11 is 0. The zero-order valence-electron chi connectivity index (χ0n) is 12.6. The van der Waals surface area contributed by atoms with Crippen molar-refractivity contribution in [1.82, 2.24) is 20.3 Å². The zero-order valence-corrected chi connectivity index (χ0v) is 12.6. The van der Waals surface area contributed by atoms with Crippen molar-refractivity contribution in [2.75, 3.05) is 26.7 Å². The Bertz CT molecular complexity index is 440. The van der Waals surface area contributed by atoms with Gasteiger partial charge >= 0.3 is 6.03 Å². The van der Waals surface area contributed by atoms with Crippen LogP contribution in [-0.2, 0) is 6.54 Å². The number of rotatable bonds is 5. The molecule has 1 fully saturated rings. The standard InChI is InChI=1S/C14H24N4O2/c1-11(18-6-4-5-7-18)9-15-14(19)17(3)10-13-8-12(2)20-16-13/h8,11H,4-7,9-10H2,1-3H3,(H,15,19). The minimum atomic E-state index is -0.0725. The van der Waals surface area contributed by atoms with E-state index in [-0.39, 0.29) is 6.03 Å². The van der Waals surface area contributed by atoms with Gasteiger partial charge in [-0.2, -0.15) is 0 Å². The van der Waals surface area contributed by atoms with E-state index >= 15 is 0 Å². The van der Waals surface area contributed by atoms with Crippen LogP contribution in [0.2, 0.25) is 0 Å². The number of urea groups is 1. The van der Waals surface area contributed by atoms with Gasteiger partial charge in [0.05, 0.1) is 6.54 Å². The first-order chi connectivity index (χ1) is 9.56. The van der Waals surface area contributed by atoms with Gasteiger partial charge in [-0.15, -0.1) is 0 Å². The highest BCUT2D eigenvalue weighted by atomic mass is 16.5. The van der Waals surface area contributed by atoms with Crippen LogP contribution in [0.5, 0.6) is 0 Å². The lowest BCUT2D eigenvalue weighted by Gasteiger charge is -2.25. The summed E-state index contributed by atoms with van der Waals surface area (Å²) in [7, 11) is 1.76. The molecule has 1 aliphatic rings. The fraction of sp³-hybridized carbons (Fsp3) is 0.714. The average Bonchev–Trinajstić information content (AvgIpc) is 3.07. The lowest BCUT2D eigenvalue weighted by atomic mass is 10.3. The Morgan fingerprint density at radius 1 is 1.55 bits per heavy atom. The van der Waals surface area contributed by atoms with Gasteiger partial charge < -0.3 is 14.7 Å². The highest BCUT2D eigenvalue weighted by Gasteiger charge is 2.19. The molecule has 0 spiro atoms. The van der Waals surface area contributed by atoms with Gasteiger partial charge in [-0.1, -0.05) is 5.16 Å². The molecule has 20 heavy (non-hydrogen) atoms. The van der Waals surface area contributed by atoms with E-state index in [9.17, 15) is 4.79 Å².